The van der Waals surface area contributed by atoms with Crippen LogP contribution in [0.5, 0.6) is 5.75 Å². The minimum Gasteiger partial charge on any atom is -0.482 e. The fourth-order valence-corrected chi connectivity index (χ4v) is 1.70. The second-order valence-corrected chi connectivity index (χ2v) is 4.36. The molecule has 5 nitrogen and oxygen atoms in total. The molecule has 0 fully saturated rings. The molecule has 0 spiro atoms. The Balaban J connectivity index is 2.03. The van der Waals surface area contributed by atoms with Crippen LogP contribution in [0.15, 0.2) is 48.5 Å². The lowest BCUT2D eigenvalue weighted by molar-refractivity contribution is -0.142. The molecule has 2 aromatic rings. The van der Waals surface area contributed by atoms with Gasteiger partial charge in [0.05, 0.1) is 7.11 Å². The summed E-state index contributed by atoms with van der Waals surface area (Å²) in [4.78, 5) is 23.0. The van der Waals surface area contributed by atoms with Crippen molar-refractivity contribution >= 4 is 17.6 Å². The van der Waals surface area contributed by atoms with Gasteiger partial charge >= 0.3 is 5.97 Å². The number of anilines is 1. The SMILES string of the molecule is COC(=O)COc1cccc(NC(=O)c2cccc(F)c2)c1. The Bertz CT molecular complexity index is 687. The van der Waals surface area contributed by atoms with Gasteiger partial charge in [0.2, 0.25) is 0 Å². The first kappa shape index (κ1) is 15.5. The van der Waals surface area contributed by atoms with Crippen molar-refractivity contribution in [1.82, 2.24) is 0 Å². The van der Waals surface area contributed by atoms with Crippen molar-refractivity contribution in [1.29, 1.82) is 0 Å². The molecule has 114 valence electrons. The lowest BCUT2D eigenvalue weighted by Crippen LogP contribution is -2.14. The monoisotopic (exact) mass is 303 g/mol. The largest absolute Gasteiger partial charge is 0.482 e. The molecule has 0 saturated heterocycles. The minimum absolute atomic E-state index is 0.209. The Morgan fingerprint density at radius 1 is 1.14 bits per heavy atom. The maximum absolute atomic E-state index is 13.1. The number of carbonyl (C=O) groups is 2. The Morgan fingerprint density at radius 2 is 1.91 bits per heavy atom. The number of esters is 1. The van der Waals surface area contributed by atoms with Crippen LogP contribution in [0, 0.1) is 5.82 Å². The number of halogens is 1. The van der Waals surface area contributed by atoms with E-state index >= 15 is 0 Å². The number of carbonyl (C=O) groups excluding carboxylic acids is 2. The van der Waals surface area contributed by atoms with Crippen LogP contribution in [0.25, 0.3) is 0 Å². The van der Waals surface area contributed by atoms with Crippen molar-refractivity contribution in [3.05, 3.63) is 59.9 Å². The standard InChI is InChI=1S/C16H14FNO4/c1-21-15(19)10-22-14-7-3-6-13(9-14)18-16(20)11-4-2-5-12(17)8-11/h2-9H,10H2,1H3,(H,18,20). The normalized spacial score (nSPS) is 9.91. The molecule has 0 saturated carbocycles. The van der Waals surface area contributed by atoms with Crippen molar-refractivity contribution < 1.29 is 23.5 Å². The van der Waals surface area contributed by atoms with E-state index in [9.17, 15) is 14.0 Å². The van der Waals surface area contributed by atoms with Crippen molar-refractivity contribution in [2.24, 2.45) is 0 Å². The van der Waals surface area contributed by atoms with E-state index in [1.807, 2.05) is 0 Å². The number of hydrogen-bond donors (Lipinski definition) is 1. The summed E-state index contributed by atoms with van der Waals surface area (Å²) in [5.41, 5.74) is 0.678. The van der Waals surface area contributed by atoms with E-state index < -0.39 is 17.7 Å². The summed E-state index contributed by atoms with van der Waals surface area (Å²) in [6.07, 6.45) is 0. The van der Waals surface area contributed by atoms with E-state index in [0.29, 0.717) is 11.4 Å². The van der Waals surface area contributed by atoms with Crippen LogP contribution in [0.1, 0.15) is 10.4 Å². The van der Waals surface area contributed by atoms with Crippen molar-refractivity contribution in [2.75, 3.05) is 19.0 Å². The second kappa shape index (κ2) is 7.21. The molecule has 0 aromatic heterocycles. The van der Waals surface area contributed by atoms with Gasteiger partial charge in [0.1, 0.15) is 11.6 Å². The summed E-state index contributed by atoms with van der Waals surface area (Å²) in [6, 6.07) is 11.9. The van der Waals surface area contributed by atoms with E-state index in [0.717, 1.165) is 6.07 Å². The van der Waals surface area contributed by atoms with Gasteiger partial charge in [-0.1, -0.05) is 12.1 Å². The van der Waals surface area contributed by atoms with Crippen LogP contribution < -0.4 is 10.1 Å². The molecule has 0 unspecified atom stereocenters. The Hall–Kier alpha value is -2.89. The van der Waals surface area contributed by atoms with Gasteiger partial charge in [0, 0.05) is 17.3 Å². The molecule has 0 atom stereocenters. The van der Waals surface area contributed by atoms with Gasteiger partial charge in [0.25, 0.3) is 5.91 Å². The number of methoxy groups -OCH3 is 1. The van der Waals surface area contributed by atoms with Crippen molar-refractivity contribution in [3.8, 4) is 5.75 Å². The van der Waals surface area contributed by atoms with Crippen LogP contribution in [0.2, 0.25) is 0 Å². The molecule has 0 bridgehead atoms. The highest BCUT2D eigenvalue weighted by molar-refractivity contribution is 6.04. The Labute approximate surface area is 126 Å². The zero-order valence-corrected chi connectivity index (χ0v) is 11.8. The van der Waals surface area contributed by atoms with Crippen LogP contribution in [0.3, 0.4) is 0 Å². The van der Waals surface area contributed by atoms with Crippen molar-refractivity contribution in [2.45, 2.75) is 0 Å². The number of hydrogen-bond acceptors (Lipinski definition) is 4. The van der Waals surface area contributed by atoms with Gasteiger partial charge in [-0.15, -0.1) is 0 Å². The lowest BCUT2D eigenvalue weighted by atomic mass is 10.2. The zero-order valence-electron chi connectivity index (χ0n) is 11.8. The summed E-state index contributed by atoms with van der Waals surface area (Å²) >= 11 is 0. The molecule has 1 N–H and O–H groups in total. The predicted molar refractivity (Wildman–Crippen MR) is 78.3 cm³/mol. The maximum Gasteiger partial charge on any atom is 0.343 e. The Kier molecular flexibility index (Phi) is 5.08. The van der Waals surface area contributed by atoms with E-state index in [1.165, 1.54) is 25.3 Å². The predicted octanol–water partition coefficient (Wildman–Crippen LogP) is 2.63. The van der Waals surface area contributed by atoms with Crippen LogP contribution in [0.4, 0.5) is 10.1 Å². The molecule has 2 aromatic carbocycles. The number of nitrogens with one attached hydrogen (secondary N) is 1. The minimum atomic E-state index is -0.505. The molecule has 0 radical (unpaired) electrons. The van der Waals surface area contributed by atoms with Crippen LogP contribution in [-0.4, -0.2) is 25.6 Å². The summed E-state index contributed by atoms with van der Waals surface area (Å²) in [5.74, 6) is -1.02. The molecular weight excluding hydrogens is 289 g/mol. The van der Waals surface area contributed by atoms with Gasteiger partial charge in [-0.2, -0.15) is 0 Å². The molecule has 0 heterocycles. The summed E-state index contributed by atoms with van der Waals surface area (Å²) in [5, 5.41) is 2.63. The highest BCUT2D eigenvalue weighted by Crippen LogP contribution is 2.18. The topological polar surface area (TPSA) is 64.6 Å². The number of ether oxygens (including phenoxy) is 2. The van der Waals surface area contributed by atoms with E-state index in [1.54, 1.807) is 24.3 Å². The first-order valence-corrected chi connectivity index (χ1v) is 6.45. The lowest BCUT2D eigenvalue weighted by Gasteiger charge is -2.08. The molecule has 6 heteroatoms. The molecule has 0 aliphatic rings. The summed E-state index contributed by atoms with van der Waals surface area (Å²) < 4.78 is 22.8. The maximum atomic E-state index is 13.1. The molecule has 22 heavy (non-hydrogen) atoms. The van der Waals surface area contributed by atoms with Gasteiger partial charge in [0.15, 0.2) is 6.61 Å². The van der Waals surface area contributed by atoms with E-state index in [2.05, 4.69) is 10.1 Å². The summed E-state index contributed by atoms with van der Waals surface area (Å²) in [7, 11) is 1.27. The zero-order chi connectivity index (χ0) is 15.9. The second-order valence-electron chi connectivity index (χ2n) is 4.36. The van der Waals surface area contributed by atoms with E-state index in [-0.39, 0.29) is 12.2 Å². The number of benzene rings is 2. The molecule has 0 aliphatic carbocycles. The quantitative estimate of drug-likeness (QED) is 0.862. The molecule has 2 rings (SSSR count). The fourth-order valence-electron chi connectivity index (χ4n) is 1.70. The number of rotatable bonds is 5. The average Bonchev–Trinajstić information content (AvgIpc) is 2.53. The van der Waals surface area contributed by atoms with E-state index in [4.69, 9.17) is 4.74 Å². The first-order chi connectivity index (χ1) is 10.6. The molecule has 0 aliphatic heterocycles. The van der Waals surface area contributed by atoms with Gasteiger partial charge < -0.3 is 14.8 Å². The third-order valence-corrected chi connectivity index (χ3v) is 2.76. The highest BCUT2D eigenvalue weighted by Gasteiger charge is 2.08. The first-order valence-electron chi connectivity index (χ1n) is 6.45. The van der Waals surface area contributed by atoms with Gasteiger partial charge in [-0.25, -0.2) is 9.18 Å². The highest BCUT2D eigenvalue weighted by atomic mass is 19.1. The van der Waals surface area contributed by atoms with Crippen molar-refractivity contribution in [3.63, 3.8) is 0 Å². The average molecular weight is 303 g/mol. The van der Waals surface area contributed by atoms with Crippen LogP contribution >= 0.6 is 0 Å². The number of amides is 1. The third-order valence-electron chi connectivity index (χ3n) is 2.76. The van der Waals surface area contributed by atoms with Crippen LogP contribution in [-0.2, 0) is 9.53 Å². The Morgan fingerprint density at radius 3 is 2.64 bits per heavy atom. The van der Waals surface area contributed by atoms with Gasteiger partial charge in [-0.3, -0.25) is 4.79 Å². The smallest absolute Gasteiger partial charge is 0.343 e. The van der Waals surface area contributed by atoms with Gasteiger partial charge in [-0.05, 0) is 30.3 Å². The molecule has 1 amide bonds. The molecular formula is C16H14FNO4. The third kappa shape index (κ3) is 4.31. The summed E-state index contributed by atoms with van der Waals surface area (Å²) in [6.45, 7) is -0.224. The fraction of sp³-hybridized carbons (Fsp3) is 0.125.